The molecule has 0 aromatic rings. The van der Waals surface area contributed by atoms with E-state index in [1.807, 2.05) is 9.80 Å². The van der Waals surface area contributed by atoms with Crippen molar-refractivity contribution in [2.45, 2.75) is 50.5 Å². The first kappa shape index (κ1) is 16.7. The van der Waals surface area contributed by atoms with Gasteiger partial charge in [-0.15, -0.1) is 0 Å². The maximum atomic E-state index is 12.7. The summed E-state index contributed by atoms with van der Waals surface area (Å²) in [6.45, 7) is 3.63. The molecular formula is C17H29N3O3. The van der Waals surface area contributed by atoms with Crippen molar-refractivity contribution in [2.24, 2.45) is 11.7 Å². The van der Waals surface area contributed by atoms with Gasteiger partial charge in [-0.2, -0.15) is 0 Å². The summed E-state index contributed by atoms with van der Waals surface area (Å²) < 4.78 is 5.31. The molecule has 2 N–H and O–H groups in total. The topological polar surface area (TPSA) is 75.9 Å². The van der Waals surface area contributed by atoms with E-state index < -0.39 is 5.54 Å². The van der Waals surface area contributed by atoms with E-state index in [0.717, 1.165) is 12.8 Å². The molecule has 0 aromatic heterocycles. The van der Waals surface area contributed by atoms with Gasteiger partial charge in [0.2, 0.25) is 11.8 Å². The maximum Gasteiger partial charge on any atom is 0.242 e. The third-order valence-electron chi connectivity index (χ3n) is 5.64. The second kappa shape index (κ2) is 7.18. The second-order valence-corrected chi connectivity index (χ2v) is 7.22. The predicted octanol–water partition coefficient (Wildman–Crippen LogP) is 0.745. The summed E-state index contributed by atoms with van der Waals surface area (Å²) in [7, 11) is 0. The Morgan fingerprint density at radius 1 is 0.913 bits per heavy atom. The van der Waals surface area contributed by atoms with E-state index in [-0.39, 0.29) is 11.8 Å². The van der Waals surface area contributed by atoms with Gasteiger partial charge in [-0.25, -0.2) is 0 Å². The first-order valence-corrected chi connectivity index (χ1v) is 9.05. The smallest absolute Gasteiger partial charge is 0.242 e. The van der Waals surface area contributed by atoms with Crippen molar-refractivity contribution < 1.29 is 14.3 Å². The van der Waals surface area contributed by atoms with Crippen LogP contribution in [-0.2, 0) is 14.3 Å². The molecule has 23 heavy (non-hydrogen) atoms. The molecule has 3 rings (SSSR count). The first-order chi connectivity index (χ1) is 11.1. The maximum absolute atomic E-state index is 12.7. The van der Waals surface area contributed by atoms with Gasteiger partial charge in [-0.1, -0.05) is 19.3 Å². The fraction of sp³-hybridized carbons (Fsp3) is 0.882. The number of amides is 2. The summed E-state index contributed by atoms with van der Waals surface area (Å²) in [5, 5.41) is 0. The van der Waals surface area contributed by atoms with Crippen molar-refractivity contribution in [3.8, 4) is 0 Å². The van der Waals surface area contributed by atoms with Crippen LogP contribution in [-0.4, -0.2) is 66.5 Å². The molecule has 6 heteroatoms. The van der Waals surface area contributed by atoms with Crippen LogP contribution in [0, 0.1) is 5.92 Å². The Hall–Kier alpha value is -1.14. The predicted molar refractivity (Wildman–Crippen MR) is 86.7 cm³/mol. The zero-order chi connectivity index (χ0) is 16.3. The lowest BCUT2D eigenvalue weighted by Gasteiger charge is -2.41. The fourth-order valence-electron chi connectivity index (χ4n) is 4.00. The van der Waals surface area contributed by atoms with Gasteiger partial charge in [0.1, 0.15) is 0 Å². The minimum absolute atomic E-state index is 0.0329. The van der Waals surface area contributed by atoms with Gasteiger partial charge in [0.25, 0.3) is 0 Å². The van der Waals surface area contributed by atoms with E-state index >= 15 is 0 Å². The summed E-state index contributed by atoms with van der Waals surface area (Å²) in [6.07, 6.45) is 6.85. The van der Waals surface area contributed by atoms with E-state index in [1.165, 1.54) is 19.3 Å². The van der Waals surface area contributed by atoms with Crippen molar-refractivity contribution in [1.82, 2.24) is 9.80 Å². The number of rotatable bonds is 2. The lowest BCUT2D eigenvalue weighted by molar-refractivity contribution is -0.147. The molecule has 2 saturated heterocycles. The minimum atomic E-state index is -0.770. The second-order valence-electron chi connectivity index (χ2n) is 7.22. The zero-order valence-corrected chi connectivity index (χ0v) is 14.0. The molecule has 0 bridgehead atoms. The number of piperazine rings is 1. The van der Waals surface area contributed by atoms with Gasteiger partial charge >= 0.3 is 0 Å². The van der Waals surface area contributed by atoms with E-state index in [9.17, 15) is 9.59 Å². The van der Waals surface area contributed by atoms with Gasteiger partial charge in [0.15, 0.2) is 0 Å². The molecular weight excluding hydrogens is 294 g/mol. The summed E-state index contributed by atoms with van der Waals surface area (Å²) >= 11 is 0. The number of carbonyl (C=O) groups excluding carboxylic acids is 2. The van der Waals surface area contributed by atoms with Gasteiger partial charge in [0, 0.05) is 45.3 Å². The Balaban J connectivity index is 1.51. The van der Waals surface area contributed by atoms with Crippen molar-refractivity contribution >= 4 is 11.8 Å². The number of nitrogens with zero attached hydrogens (tertiary/aromatic N) is 2. The third kappa shape index (κ3) is 3.69. The monoisotopic (exact) mass is 323 g/mol. The first-order valence-electron chi connectivity index (χ1n) is 9.05. The van der Waals surface area contributed by atoms with Gasteiger partial charge in [-0.3, -0.25) is 9.59 Å². The number of ether oxygens (including phenoxy) is 1. The van der Waals surface area contributed by atoms with Crippen molar-refractivity contribution in [3.63, 3.8) is 0 Å². The SMILES string of the molecule is NC1(C(=O)N2CCN(C(=O)C3CCCCC3)CC2)CCOCC1. The lowest BCUT2D eigenvalue weighted by atomic mass is 9.88. The van der Waals surface area contributed by atoms with E-state index in [2.05, 4.69) is 0 Å². The summed E-state index contributed by atoms with van der Waals surface area (Å²) in [5.41, 5.74) is 5.52. The van der Waals surface area contributed by atoms with Crippen LogP contribution in [0.2, 0.25) is 0 Å². The molecule has 6 nitrogen and oxygen atoms in total. The summed E-state index contributed by atoms with van der Waals surface area (Å²) in [6, 6.07) is 0. The van der Waals surface area contributed by atoms with E-state index in [0.29, 0.717) is 58.1 Å². The van der Waals surface area contributed by atoms with Crippen LogP contribution in [0.3, 0.4) is 0 Å². The Bertz CT molecular complexity index is 434. The molecule has 3 fully saturated rings. The van der Waals surface area contributed by atoms with Gasteiger partial charge < -0.3 is 20.3 Å². The van der Waals surface area contributed by atoms with E-state index in [1.54, 1.807) is 0 Å². The van der Waals surface area contributed by atoms with Gasteiger partial charge in [0.05, 0.1) is 5.54 Å². The third-order valence-corrected chi connectivity index (χ3v) is 5.64. The molecule has 3 aliphatic rings. The molecule has 1 aliphatic carbocycles. The summed E-state index contributed by atoms with van der Waals surface area (Å²) in [4.78, 5) is 29.1. The number of nitrogens with two attached hydrogens (primary N) is 1. The number of carbonyl (C=O) groups is 2. The molecule has 2 aliphatic heterocycles. The minimum Gasteiger partial charge on any atom is -0.381 e. The van der Waals surface area contributed by atoms with Crippen LogP contribution < -0.4 is 5.73 Å². The zero-order valence-electron chi connectivity index (χ0n) is 14.0. The quantitative estimate of drug-likeness (QED) is 0.813. The average Bonchev–Trinajstić information content (AvgIpc) is 2.62. The molecule has 130 valence electrons. The summed E-state index contributed by atoms with van der Waals surface area (Å²) in [5.74, 6) is 0.540. The average molecular weight is 323 g/mol. The molecule has 0 atom stereocenters. The molecule has 0 aromatic carbocycles. The Morgan fingerprint density at radius 3 is 2.09 bits per heavy atom. The highest BCUT2D eigenvalue weighted by Crippen LogP contribution is 2.26. The number of hydrogen-bond acceptors (Lipinski definition) is 4. The van der Waals surface area contributed by atoms with Crippen molar-refractivity contribution in [2.75, 3.05) is 39.4 Å². The normalized spacial score (nSPS) is 26.1. The largest absolute Gasteiger partial charge is 0.381 e. The van der Waals surface area contributed by atoms with Crippen LogP contribution in [0.15, 0.2) is 0 Å². The van der Waals surface area contributed by atoms with Gasteiger partial charge in [-0.05, 0) is 25.7 Å². The van der Waals surface area contributed by atoms with Crippen LogP contribution in [0.1, 0.15) is 44.9 Å². The van der Waals surface area contributed by atoms with Crippen LogP contribution in [0.4, 0.5) is 0 Å². The lowest BCUT2D eigenvalue weighted by Crippen LogP contribution is -2.62. The molecule has 0 spiro atoms. The van der Waals surface area contributed by atoms with Crippen LogP contribution in [0.5, 0.6) is 0 Å². The molecule has 0 unspecified atom stereocenters. The highest BCUT2D eigenvalue weighted by Gasteiger charge is 2.40. The standard InChI is InChI=1S/C17H29N3O3/c18-17(6-12-23-13-7-17)16(22)20-10-8-19(9-11-20)15(21)14-4-2-1-3-5-14/h14H,1-13,18H2. The van der Waals surface area contributed by atoms with Crippen molar-refractivity contribution in [3.05, 3.63) is 0 Å². The Morgan fingerprint density at radius 2 is 1.48 bits per heavy atom. The molecule has 0 radical (unpaired) electrons. The Labute approximate surface area is 138 Å². The van der Waals surface area contributed by atoms with Crippen molar-refractivity contribution in [1.29, 1.82) is 0 Å². The molecule has 2 heterocycles. The molecule has 2 amide bonds. The Kier molecular flexibility index (Phi) is 5.21. The highest BCUT2D eigenvalue weighted by atomic mass is 16.5. The van der Waals surface area contributed by atoms with Crippen LogP contribution in [0.25, 0.3) is 0 Å². The number of hydrogen-bond donors (Lipinski definition) is 1. The highest BCUT2D eigenvalue weighted by molar-refractivity contribution is 5.86. The molecule has 1 saturated carbocycles. The van der Waals surface area contributed by atoms with Crippen LogP contribution >= 0.6 is 0 Å². The fourth-order valence-corrected chi connectivity index (χ4v) is 4.00. The van der Waals surface area contributed by atoms with E-state index in [4.69, 9.17) is 10.5 Å².